The van der Waals surface area contributed by atoms with Gasteiger partial charge in [0.1, 0.15) is 0 Å². The van der Waals surface area contributed by atoms with E-state index in [0.717, 1.165) is 41.9 Å². The van der Waals surface area contributed by atoms with Crippen LogP contribution in [0, 0.1) is 0 Å². The molecule has 1 N–H and O–H groups in total. The minimum atomic E-state index is -0.247. The van der Waals surface area contributed by atoms with Gasteiger partial charge in [-0.1, -0.05) is 24.6 Å². The van der Waals surface area contributed by atoms with E-state index in [1.165, 1.54) is 11.1 Å². The predicted octanol–water partition coefficient (Wildman–Crippen LogP) is 2.58. The monoisotopic (exact) mass is 397 g/mol. The van der Waals surface area contributed by atoms with E-state index in [1.807, 2.05) is 0 Å². The Hall–Kier alpha value is -1.41. The van der Waals surface area contributed by atoms with Gasteiger partial charge in [0.15, 0.2) is 0 Å². The fourth-order valence-electron chi connectivity index (χ4n) is 3.06. The summed E-state index contributed by atoms with van der Waals surface area (Å²) in [5.74, 6) is -0.191. The van der Waals surface area contributed by atoms with Gasteiger partial charge in [0.2, 0.25) is 5.91 Å². The maximum absolute atomic E-state index is 12.4. The second-order valence-corrected chi connectivity index (χ2v) is 7.48. The molecule has 6 nitrogen and oxygen atoms in total. The lowest BCUT2D eigenvalue weighted by atomic mass is 9.89. The maximum atomic E-state index is 12.4. The molecule has 0 spiro atoms. The molecule has 1 aromatic rings. The van der Waals surface area contributed by atoms with Gasteiger partial charge in [-0.05, 0) is 34.8 Å². The molecular formula is C15H16BrN3O3S. The number of hydrogen-bond acceptors (Lipinski definition) is 5. The number of thioether (sulfide) groups is 1. The first kappa shape index (κ1) is 16.4. The average Bonchev–Trinajstić information content (AvgIpc) is 2.87. The third-order valence-corrected chi connectivity index (χ3v) is 5.40. The van der Waals surface area contributed by atoms with E-state index >= 15 is 0 Å². The number of carbonyl (C=O) groups is 3. The zero-order valence-corrected chi connectivity index (χ0v) is 14.7. The molecule has 23 heavy (non-hydrogen) atoms. The van der Waals surface area contributed by atoms with Crippen LogP contribution in [0.3, 0.4) is 0 Å². The Bertz CT molecular complexity index is 639. The van der Waals surface area contributed by atoms with Gasteiger partial charge in [-0.15, -0.1) is 0 Å². The number of carbonyl (C=O) groups excluding carboxylic acids is 3. The normalized spacial score (nSPS) is 24.8. The standard InChI is InChI=1S/C15H16BrN3O3S/c16-10-5-9(6-17-7-10)14(21)18-11-3-1-2-4-12(11)19-13(20)8-23-15(19)22/h5-7,11-12H,1-4,8H2,(H,18,21)/t11-,12+/m0/s1. The molecule has 1 saturated carbocycles. The molecule has 0 aromatic carbocycles. The first-order valence-corrected chi connectivity index (χ1v) is 9.24. The Labute approximate surface area is 146 Å². The van der Waals surface area contributed by atoms with Crippen LogP contribution < -0.4 is 5.32 Å². The maximum Gasteiger partial charge on any atom is 0.289 e. The van der Waals surface area contributed by atoms with E-state index in [1.54, 1.807) is 12.3 Å². The molecule has 2 aliphatic rings. The zero-order valence-electron chi connectivity index (χ0n) is 12.3. The summed E-state index contributed by atoms with van der Waals surface area (Å²) in [4.78, 5) is 41.7. The molecule has 3 amide bonds. The van der Waals surface area contributed by atoms with E-state index in [-0.39, 0.29) is 34.9 Å². The Morgan fingerprint density at radius 2 is 2.09 bits per heavy atom. The molecule has 1 aliphatic carbocycles. The highest BCUT2D eigenvalue weighted by molar-refractivity contribution is 9.10. The molecule has 0 bridgehead atoms. The van der Waals surface area contributed by atoms with Crippen molar-refractivity contribution >= 4 is 44.7 Å². The third-order valence-electron chi connectivity index (χ3n) is 4.13. The number of pyridine rings is 1. The largest absolute Gasteiger partial charge is 0.347 e. The lowest BCUT2D eigenvalue weighted by Gasteiger charge is -2.36. The third kappa shape index (κ3) is 3.58. The first-order chi connectivity index (χ1) is 11.1. The van der Waals surface area contributed by atoms with Crippen molar-refractivity contribution < 1.29 is 14.4 Å². The second kappa shape index (κ2) is 7.00. The average molecular weight is 398 g/mol. The summed E-state index contributed by atoms with van der Waals surface area (Å²) in [6, 6.07) is 1.24. The van der Waals surface area contributed by atoms with Crippen LogP contribution in [0.4, 0.5) is 4.79 Å². The SMILES string of the molecule is O=C(N[C@H]1CCCC[C@H]1N1C(=O)CSC1=O)c1cncc(Br)c1. The lowest BCUT2D eigenvalue weighted by Crippen LogP contribution is -2.54. The zero-order chi connectivity index (χ0) is 16.4. The minimum Gasteiger partial charge on any atom is -0.347 e. The van der Waals surface area contributed by atoms with Crippen LogP contribution in [0.15, 0.2) is 22.9 Å². The highest BCUT2D eigenvalue weighted by atomic mass is 79.9. The van der Waals surface area contributed by atoms with Crippen molar-refractivity contribution in [3.63, 3.8) is 0 Å². The van der Waals surface area contributed by atoms with Crippen molar-refractivity contribution in [2.45, 2.75) is 37.8 Å². The fourth-order valence-corrected chi connectivity index (χ4v) is 4.19. The van der Waals surface area contributed by atoms with Gasteiger partial charge in [-0.25, -0.2) is 0 Å². The number of imide groups is 1. The highest BCUT2D eigenvalue weighted by Gasteiger charge is 2.41. The molecule has 1 aliphatic heterocycles. The summed E-state index contributed by atoms with van der Waals surface area (Å²) in [5.41, 5.74) is 0.456. The van der Waals surface area contributed by atoms with Gasteiger partial charge in [0.25, 0.3) is 11.1 Å². The van der Waals surface area contributed by atoms with E-state index in [4.69, 9.17) is 0 Å². The van der Waals surface area contributed by atoms with Gasteiger partial charge in [0, 0.05) is 16.9 Å². The quantitative estimate of drug-likeness (QED) is 0.847. The van der Waals surface area contributed by atoms with Crippen LogP contribution >= 0.6 is 27.7 Å². The predicted molar refractivity (Wildman–Crippen MR) is 90.1 cm³/mol. The molecule has 1 aromatic heterocycles. The van der Waals surface area contributed by atoms with Gasteiger partial charge in [-0.2, -0.15) is 0 Å². The van der Waals surface area contributed by atoms with E-state index in [0.29, 0.717) is 5.56 Å². The van der Waals surface area contributed by atoms with Crippen molar-refractivity contribution in [1.82, 2.24) is 15.2 Å². The van der Waals surface area contributed by atoms with E-state index in [2.05, 4.69) is 26.2 Å². The molecule has 2 atom stereocenters. The van der Waals surface area contributed by atoms with Crippen molar-refractivity contribution in [3.8, 4) is 0 Å². The molecule has 2 heterocycles. The Morgan fingerprint density at radius 1 is 1.30 bits per heavy atom. The number of aromatic nitrogens is 1. The van der Waals surface area contributed by atoms with Gasteiger partial charge in [0.05, 0.1) is 23.4 Å². The summed E-state index contributed by atoms with van der Waals surface area (Å²) >= 11 is 4.33. The van der Waals surface area contributed by atoms with E-state index in [9.17, 15) is 14.4 Å². The Morgan fingerprint density at radius 3 is 2.78 bits per heavy atom. The number of rotatable bonds is 3. The minimum absolute atomic E-state index is 0.157. The summed E-state index contributed by atoms with van der Waals surface area (Å²) in [6.45, 7) is 0. The molecular weight excluding hydrogens is 382 g/mol. The van der Waals surface area contributed by atoms with Crippen molar-refractivity contribution in [2.75, 3.05) is 5.75 Å². The topological polar surface area (TPSA) is 79.4 Å². The number of nitrogens with zero attached hydrogens (tertiary/aromatic N) is 2. The molecule has 2 fully saturated rings. The highest BCUT2D eigenvalue weighted by Crippen LogP contribution is 2.30. The molecule has 1 saturated heterocycles. The number of nitrogens with one attached hydrogen (secondary N) is 1. The molecule has 8 heteroatoms. The molecule has 3 rings (SSSR count). The number of amides is 3. The lowest BCUT2D eigenvalue weighted by molar-refractivity contribution is -0.127. The van der Waals surface area contributed by atoms with Crippen molar-refractivity contribution in [3.05, 3.63) is 28.5 Å². The summed E-state index contributed by atoms with van der Waals surface area (Å²) in [5, 5.41) is 2.77. The van der Waals surface area contributed by atoms with Crippen molar-refractivity contribution in [2.24, 2.45) is 0 Å². The van der Waals surface area contributed by atoms with Crippen LogP contribution in [0.25, 0.3) is 0 Å². The first-order valence-electron chi connectivity index (χ1n) is 7.46. The van der Waals surface area contributed by atoms with Crippen LogP contribution in [-0.2, 0) is 4.79 Å². The molecule has 0 unspecified atom stereocenters. The smallest absolute Gasteiger partial charge is 0.289 e. The summed E-state index contributed by atoms with van der Waals surface area (Å²) in [6.07, 6.45) is 6.54. The van der Waals surface area contributed by atoms with Crippen LogP contribution in [0.2, 0.25) is 0 Å². The van der Waals surface area contributed by atoms with Crippen LogP contribution in [0.5, 0.6) is 0 Å². The van der Waals surface area contributed by atoms with Gasteiger partial charge < -0.3 is 5.32 Å². The molecule has 0 radical (unpaired) electrons. The summed E-state index contributed by atoms with van der Waals surface area (Å²) < 4.78 is 0.728. The van der Waals surface area contributed by atoms with Gasteiger partial charge in [-0.3, -0.25) is 24.3 Å². The number of halogens is 1. The van der Waals surface area contributed by atoms with Crippen LogP contribution in [0.1, 0.15) is 36.0 Å². The molecule has 122 valence electrons. The summed E-state index contributed by atoms with van der Waals surface area (Å²) in [7, 11) is 0. The fraction of sp³-hybridized carbons (Fsp3) is 0.467. The van der Waals surface area contributed by atoms with E-state index < -0.39 is 0 Å². The van der Waals surface area contributed by atoms with Crippen molar-refractivity contribution in [1.29, 1.82) is 0 Å². The Kier molecular flexibility index (Phi) is 5.01. The number of hydrogen-bond donors (Lipinski definition) is 1. The van der Waals surface area contributed by atoms with Crippen LogP contribution in [-0.4, -0.2) is 44.8 Å². The van der Waals surface area contributed by atoms with Gasteiger partial charge >= 0.3 is 0 Å². The second-order valence-electron chi connectivity index (χ2n) is 5.64. The Balaban J connectivity index is 1.75.